The summed E-state index contributed by atoms with van der Waals surface area (Å²) in [5, 5.41) is 4.69. The average Bonchev–Trinajstić information content (AvgIpc) is 3.22. The number of benzene rings is 1. The van der Waals surface area contributed by atoms with Crippen molar-refractivity contribution in [1.82, 2.24) is 19.7 Å². The number of carbonyl (C=O) groups is 1. The van der Waals surface area contributed by atoms with Gasteiger partial charge in [0.25, 0.3) is 5.91 Å². The highest BCUT2D eigenvalue weighted by Gasteiger charge is 2.43. The topological polar surface area (TPSA) is 63.5 Å². The van der Waals surface area contributed by atoms with Gasteiger partial charge in [-0.25, -0.2) is 13.2 Å². The van der Waals surface area contributed by atoms with Gasteiger partial charge in [-0.1, -0.05) is 0 Å². The third-order valence-corrected chi connectivity index (χ3v) is 7.51. The molecule has 6 rings (SSSR count). The van der Waals surface area contributed by atoms with E-state index in [1.807, 2.05) is 11.0 Å². The molecule has 0 aliphatic carbocycles. The maximum Gasteiger partial charge on any atom is 0.256 e. The van der Waals surface area contributed by atoms with E-state index in [9.17, 15) is 18.0 Å². The van der Waals surface area contributed by atoms with E-state index in [0.717, 1.165) is 61.4 Å². The summed E-state index contributed by atoms with van der Waals surface area (Å²) >= 11 is 0. The highest BCUT2D eigenvalue weighted by Crippen LogP contribution is 2.45. The summed E-state index contributed by atoms with van der Waals surface area (Å²) in [5.41, 5.74) is 3.82. The minimum Gasteiger partial charge on any atom is -0.378 e. The molecule has 0 radical (unpaired) electrons. The maximum absolute atomic E-state index is 14.0. The summed E-state index contributed by atoms with van der Waals surface area (Å²) in [5.74, 6) is -4.05. The van der Waals surface area contributed by atoms with Crippen LogP contribution < -0.4 is 4.90 Å². The number of amides is 1. The van der Waals surface area contributed by atoms with Gasteiger partial charge in [0.05, 0.1) is 48.1 Å². The zero-order valence-corrected chi connectivity index (χ0v) is 19.9. The van der Waals surface area contributed by atoms with E-state index >= 15 is 0 Å². The Kier molecular flexibility index (Phi) is 5.70. The molecule has 0 spiro atoms. The SMILES string of the molecule is Cn1nc2c(c1-c1cc(F)c(F)c(F)c1)C[C@H]1CCC[C@@H]2N1C(=O)c1cncc(N2CCOCC2)c1. The molecule has 2 aromatic heterocycles. The lowest BCUT2D eigenvalue weighted by molar-refractivity contribution is 0.0391. The van der Waals surface area contributed by atoms with Crippen LogP contribution in [0.15, 0.2) is 30.6 Å². The van der Waals surface area contributed by atoms with Gasteiger partial charge in [0.2, 0.25) is 0 Å². The summed E-state index contributed by atoms with van der Waals surface area (Å²) in [6.45, 7) is 2.78. The van der Waals surface area contributed by atoms with E-state index in [1.165, 1.54) is 0 Å². The molecular formula is C26H26F3N5O2. The second kappa shape index (κ2) is 8.92. The average molecular weight is 498 g/mol. The quantitative estimate of drug-likeness (QED) is 0.512. The zero-order valence-electron chi connectivity index (χ0n) is 19.9. The number of aromatic nitrogens is 3. The van der Waals surface area contributed by atoms with Gasteiger partial charge in [0, 0.05) is 43.5 Å². The largest absolute Gasteiger partial charge is 0.378 e. The summed E-state index contributed by atoms with van der Waals surface area (Å²) < 4.78 is 48.7. The Labute approximate surface area is 206 Å². The number of carbonyl (C=O) groups excluding carboxylic acids is 1. The van der Waals surface area contributed by atoms with Crippen molar-refractivity contribution in [2.75, 3.05) is 31.2 Å². The lowest BCUT2D eigenvalue weighted by atomic mass is 9.81. The number of morpholine rings is 1. The molecule has 7 nitrogen and oxygen atoms in total. The number of pyridine rings is 1. The number of hydrogen-bond donors (Lipinski definition) is 0. The Morgan fingerprint density at radius 1 is 1.06 bits per heavy atom. The number of ether oxygens (including phenoxy) is 1. The fourth-order valence-electron chi connectivity index (χ4n) is 5.89. The summed E-state index contributed by atoms with van der Waals surface area (Å²) in [7, 11) is 1.71. The first-order valence-corrected chi connectivity index (χ1v) is 12.2. The summed E-state index contributed by atoms with van der Waals surface area (Å²) in [6.07, 6.45) is 6.40. The van der Waals surface area contributed by atoms with Crippen LogP contribution in [0.25, 0.3) is 11.3 Å². The fraction of sp³-hybridized carbons (Fsp3) is 0.423. The van der Waals surface area contributed by atoms with Crippen LogP contribution in [-0.4, -0.2) is 57.9 Å². The van der Waals surface area contributed by atoms with Gasteiger partial charge in [0.15, 0.2) is 17.5 Å². The van der Waals surface area contributed by atoms with Crippen molar-refractivity contribution in [3.05, 3.63) is 64.9 Å². The van der Waals surface area contributed by atoms with E-state index in [2.05, 4.69) is 9.88 Å². The Morgan fingerprint density at radius 2 is 1.81 bits per heavy atom. The van der Waals surface area contributed by atoms with Gasteiger partial charge in [-0.15, -0.1) is 0 Å². The van der Waals surface area contributed by atoms with E-state index in [-0.39, 0.29) is 23.6 Å². The Morgan fingerprint density at radius 3 is 2.56 bits per heavy atom. The molecule has 1 amide bonds. The molecular weight excluding hydrogens is 471 g/mol. The van der Waals surface area contributed by atoms with Crippen LogP contribution >= 0.6 is 0 Å². The van der Waals surface area contributed by atoms with Crippen molar-refractivity contribution in [1.29, 1.82) is 0 Å². The predicted octanol–water partition coefficient (Wildman–Crippen LogP) is 4.03. The van der Waals surface area contributed by atoms with E-state index in [1.54, 1.807) is 24.1 Å². The molecule has 0 saturated carbocycles. The van der Waals surface area contributed by atoms with Crippen molar-refractivity contribution in [3.63, 3.8) is 0 Å². The molecule has 2 fully saturated rings. The van der Waals surface area contributed by atoms with Crippen LogP contribution in [0.5, 0.6) is 0 Å². The van der Waals surface area contributed by atoms with Gasteiger partial charge in [-0.05, 0) is 43.9 Å². The second-order valence-corrected chi connectivity index (χ2v) is 9.64. The van der Waals surface area contributed by atoms with Crippen LogP contribution in [-0.2, 0) is 18.2 Å². The van der Waals surface area contributed by atoms with E-state index in [0.29, 0.717) is 30.9 Å². The normalized spacial score (nSPS) is 21.4. The summed E-state index contributed by atoms with van der Waals surface area (Å²) in [6, 6.07) is 3.58. The number of nitrogens with zero attached hydrogens (tertiary/aromatic N) is 5. The molecule has 36 heavy (non-hydrogen) atoms. The van der Waals surface area contributed by atoms with Crippen LogP contribution in [0.3, 0.4) is 0 Å². The predicted molar refractivity (Wildman–Crippen MR) is 126 cm³/mol. The monoisotopic (exact) mass is 497 g/mol. The van der Waals surface area contributed by atoms with Crippen molar-refractivity contribution in [2.45, 2.75) is 37.8 Å². The molecule has 5 heterocycles. The number of aryl methyl sites for hydroxylation is 1. The smallest absolute Gasteiger partial charge is 0.256 e. The zero-order chi connectivity index (χ0) is 25.0. The molecule has 188 valence electrons. The highest BCUT2D eigenvalue weighted by molar-refractivity contribution is 5.95. The van der Waals surface area contributed by atoms with Gasteiger partial charge >= 0.3 is 0 Å². The third kappa shape index (κ3) is 3.75. The first-order chi connectivity index (χ1) is 17.4. The first-order valence-electron chi connectivity index (χ1n) is 12.2. The Bertz CT molecular complexity index is 1310. The molecule has 2 saturated heterocycles. The third-order valence-electron chi connectivity index (χ3n) is 7.51. The molecule has 3 aliphatic heterocycles. The van der Waals surface area contributed by atoms with Gasteiger partial charge < -0.3 is 14.5 Å². The van der Waals surface area contributed by atoms with Crippen LogP contribution in [0.4, 0.5) is 18.9 Å². The second-order valence-electron chi connectivity index (χ2n) is 9.64. The molecule has 2 atom stereocenters. The molecule has 0 N–H and O–H groups in total. The van der Waals surface area contributed by atoms with Crippen molar-refractivity contribution >= 4 is 11.6 Å². The molecule has 3 aromatic rings. The Hall–Kier alpha value is -3.40. The van der Waals surface area contributed by atoms with E-state index in [4.69, 9.17) is 9.84 Å². The number of fused-ring (bicyclic) bond motifs is 4. The minimum absolute atomic E-state index is 0.0751. The van der Waals surface area contributed by atoms with Crippen molar-refractivity contribution in [3.8, 4) is 11.3 Å². The number of hydrogen-bond acceptors (Lipinski definition) is 5. The standard InChI is InChI=1S/C26H26F3N5O2/c1-32-25(15-10-20(27)23(29)21(28)11-15)19-12-17-3-2-4-22(24(19)31-32)34(17)26(35)16-9-18(14-30-13-16)33-5-7-36-8-6-33/h9-11,13-14,17,22H,2-8,12H2,1H3/t17-,22+/m1/s1. The van der Waals surface area contributed by atoms with Crippen molar-refractivity contribution < 1.29 is 22.7 Å². The van der Waals surface area contributed by atoms with Crippen LogP contribution in [0.1, 0.15) is 46.9 Å². The number of anilines is 1. The first kappa shape index (κ1) is 23.0. The fourth-order valence-corrected chi connectivity index (χ4v) is 5.89. The molecule has 3 aliphatic rings. The van der Waals surface area contributed by atoms with Gasteiger partial charge in [-0.3, -0.25) is 14.5 Å². The van der Waals surface area contributed by atoms with E-state index < -0.39 is 17.5 Å². The van der Waals surface area contributed by atoms with Gasteiger partial charge in [0.1, 0.15) is 0 Å². The van der Waals surface area contributed by atoms with Gasteiger partial charge in [-0.2, -0.15) is 5.10 Å². The van der Waals surface area contributed by atoms with Crippen LogP contribution in [0, 0.1) is 17.5 Å². The van der Waals surface area contributed by atoms with Crippen LogP contribution in [0.2, 0.25) is 0 Å². The molecule has 1 aromatic carbocycles. The molecule has 10 heteroatoms. The highest BCUT2D eigenvalue weighted by atomic mass is 19.2. The number of piperidine rings is 1. The summed E-state index contributed by atoms with van der Waals surface area (Å²) in [4.78, 5) is 22.2. The molecule has 2 bridgehead atoms. The molecule has 0 unspecified atom stereocenters. The minimum atomic E-state index is -1.49. The van der Waals surface area contributed by atoms with Crippen molar-refractivity contribution in [2.24, 2.45) is 7.05 Å². The lowest BCUT2D eigenvalue weighted by Gasteiger charge is -2.45. The maximum atomic E-state index is 14.0. The Balaban J connectivity index is 1.36. The lowest BCUT2D eigenvalue weighted by Crippen LogP contribution is -2.50. The number of halogens is 3. The number of rotatable bonds is 3.